The molecule has 178 valence electrons. The van der Waals surface area contributed by atoms with E-state index in [-0.39, 0.29) is 12.5 Å². The van der Waals surface area contributed by atoms with Gasteiger partial charge in [0.25, 0.3) is 0 Å². The van der Waals surface area contributed by atoms with Crippen molar-refractivity contribution in [3.05, 3.63) is 77.9 Å². The predicted molar refractivity (Wildman–Crippen MR) is 140 cm³/mol. The fraction of sp³-hybridized carbons (Fsp3) is 0.286. The highest BCUT2D eigenvalue weighted by atomic mass is 16.5. The number of carbonyl (C=O) groups excluding carboxylic acids is 2. The first-order chi connectivity index (χ1) is 16.3. The Balaban J connectivity index is 1.82. The number of ether oxygens (including phenoxy) is 1. The van der Waals surface area contributed by atoms with Crippen molar-refractivity contribution in [2.75, 3.05) is 51.1 Å². The van der Waals surface area contributed by atoms with Gasteiger partial charge in [0.15, 0.2) is 0 Å². The van der Waals surface area contributed by atoms with Gasteiger partial charge in [0.2, 0.25) is 5.91 Å². The molecule has 3 aromatic rings. The summed E-state index contributed by atoms with van der Waals surface area (Å²) in [7, 11) is 6.01. The second-order valence-electron chi connectivity index (χ2n) is 8.55. The standard InChI is InChI=1S/C28H33N3O3/c1-6-34-28(33)25-19-24(31(5)16-15-30(3)4)13-14-26(25)29-27(32)17-20(2)22-12-11-21-9-7-8-10-23(21)18-22/h7-14,17-19H,6,15-16H2,1-5H3,(H,29,32)/b20-17-. The second-order valence-corrected chi connectivity index (χ2v) is 8.55. The Labute approximate surface area is 201 Å². The van der Waals surface area contributed by atoms with E-state index in [1.807, 2.05) is 58.4 Å². The van der Waals surface area contributed by atoms with Crippen molar-refractivity contribution < 1.29 is 14.3 Å². The van der Waals surface area contributed by atoms with Gasteiger partial charge in [0.05, 0.1) is 17.9 Å². The number of allylic oxidation sites excluding steroid dienone is 1. The van der Waals surface area contributed by atoms with Crippen LogP contribution in [-0.4, -0.2) is 57.6 Å². The van der Waals surface area contributed by atoms with E-state index in [1.54, 1.807) is 25.1 Å². The first kappa shape index (κ1) is 25.0. The van der Waals surface area contributed by atoms with Crippen molar-refractivity contribution in [1.29, 1.82) is 0 Å². The molecule has 0 aromatic heterocycles. The Morgan fingerprint density at radius 1 is 0.941 bits per heavy atom. The minimum Gasteiger partial charge on any atom is -0.462 e. The summed E-state index contributed by atoms with van der Waals surface area (Å²) in [4.78, 5) is 29.6. The largest absolute Gasteiger partial charge is 0.462 e. The van der Waals surface area contributed by atoms with E-state index in [0.29, 0.717) is 11.3 Å². The third-order valence-electron chi connectivity index (χ3n) is 5.63. The topological polar surface area (TPSA) is 61.9 Å². The Kier molecular flexibility index (Phi) is 8.44. The normalized spacial score (nSPS) is 11.5. The molecular formula is C28H33N3O3. The van der Waals surface area contributed by atoms with E-state index in [4.69, 9.17) is 4.74 Å². The van der Waals surface area contributed by atoms with Crippen molar-refractivity contribution in [2.24, 2.45) is 0 Å². The van der Waals surface area contributed by atoms with E-state index in [0.717, 1.165) is 40.7 Å². The van der Waals surface area contributed by atoms with Crippen LogP contribution in [0.4, 0.5) is 11.4 Å². The predicted octanol–water partition coefficient (Wildman–Crippen LogP) is 5.06. The number of hydrogen-bond donors (Lipinski definition) is 1. The third-order valence-corrected chi connectivity index (χ3v) is 5.63. The lowest BCUT2D eigenvalue weighted by Crippen LogP contribution is -2.28. The zero-order chi connectivity index (χ0) is 24.7. The number of amides is 1. The van der Waals surface area contributed by atoms with Gasteiger partial charge in [-0.15, -0.1) is 0 Å². The summed E-state index contributed by atoms with van der Waals surface area (Å²) in [6.07, 6.45) is 1.55. The van der Waals surface area contributed by atoms with Crippen LogP contribution in [0.2, 0.25) is 0 Å². The van der Waals surface area contributed by atoms with E-state index >= 15 is 0 Å². The van der Waals surface area contributed by atoms with Gasteiger partial charge < -0.3 is 19.9 Å². The van der Waals surface area contributed by atoms with Gasteiger partial charge in [-0.25, -0.2) is 4.79 Å². The minimum atomic E-state index is -0.462. The summed E-state index contributed by atoms with van der Waals surface area (Å²) >= 11 is 0. The maximum absolute atomic E-state index is 12.8. The fourth-order valence-corrected chi connectivity index (χ4v) is 3.62. The lowest BCUT2D eigenvalue weighted by molar-refractivity contribution is -0.111. The smallest absolute Gasteiger partial charge is 0.340 e. The van der Waals surface area contributed by atoms with Crippen LogP contribution in [-0.2, 0) is 9.53 Å². The number of nitrogens with one attached hydrogen (secondary N) is 1. The van der Waals surface area contributed by atoms with E-state index in [1.165, 1.54) is 0 Å². The molecule has 0 saturated carbocycles. The molecule has 0 unspecified atom stereocenters. The molecule has 34 heavy (non-hydrogen) atoms. The van der Waals surface area contributed by atoms with Crippen LogP contribution in [0.15, 0.2) is 66.7 Å². The molecule has 0 aliphatic carbocycles. The number of rotatable bonds is 9. The summed E-state index contributed by atoms with van der Waals surface area (Å²) in [6, 6.07) is 19.6. The molecule has 0 fully saturated rings. The third kappa shape index (κ3) is 6.45. The second kappa shape index (κ2) is 11.5. The number of anilines is 2. The van der Waals surface area contributed by atoms with Crippen molar-refractivity contribution in [3.63, 3.8) is 0 Å². The highest BCUT2D eigenvalue weighted by Gasteiger charge is 2.16. The number of benzene rings is 3. The summed E-state index contributed by atoms with van der Waals surface area (Å²) in [5.74, 6) is -0.763. The Morgan fingerprint density at radius 2 is 1.68 bits per heavy atom. The van der Waals surface area contributed by atoms with E-state index in [2.05, 4.69) is 33.3 Å². The van der Waals surface area contributed by atoms with Gasteiger partial charge in [-0.3, -0.25) is 4.79 Å². The average molecular weight is 460 g/mol. The SMILES string of the molecule is CCOC(=O)c1cc(N(C)CCN(C)C)ccc1NC(=O)/C=C(/C)c1ccc2ccccc2c1. The molecule has 0 atom stereocenters. The maximum Gasteiger partial charge on any atom is 0.340 e. The number of esters is 1. The van der Waals surface area contributed by atoms with Crippen LogP contribution >= 0.6 is 0 Å². The van der Waals surface area contributed by atoms with Crippen LogP contribution in [0.3, 0.4) is 0 Å². The molecule has 0 bridgehead atoms. The summed E-state index contributed by atoms with van der Waals surface area (Å²) < 4.78 is 5.24. The summed E-state index contributed by atoms with van der Waals surface area (Å²) in [5, 5.41) is 5.13. The number of hydrogen-bond acceptors (Lipinski definition) is 5. The first-order valence-electron chi connectivity index (χ1n) is 11.4. The lowest BCUT2D eigenvalue weighted by atomic mass is 10.0. The van der Waals surface area contributed by atoms with Crippen LogP contribution in [0.25, 0.3) is 16.3 Å². The van der Waals surface area contributed by atoms with Crippen LogP contribution in [0, 0.1) is 0 Å². The number of fused-ring (bicyclic) bond motifs is 1. The molecule has 1 amide bonds. The molecule has 0 aliphatic rings. The van der Waals surface area contributed by atoms with E-state index < -0.39 is 5.97 Å². The fourth-order valence-electron chi connectivity index (χ4n) is 3.62. The quantitative estimate of drug-likeness (QED) is 0.358. The highest BCUT2D eigenvalue weighted by molar-refractivity contribution is 6.08. The Morgan fingerprint density at radius 3 is 2.38 bits per heavy atom. The molecule has 0 radical (unpaired) electrons. The summed E-state index contributed by atoms with van der Waals surface area (Å²) in [5.41, 5.74) is 3.45. The van der Waals surface area contributed by atoms with Crippen LogP contribution in [0.1, 0.15) is 29.8 Å². The van der Waals surface area contributed by atoms with Gasteiger partial charge in [-0.05, 0) is 74.1 Å². The van der Waals surface area contributed by atoms with Gasteiger partial charge in [0.1, 0.15) is 0 Å². The molecule has 3 aromatic carbocycles. The molecule has 1 N–H and O–H groups in total. The van der Waals surface area contributed by atoms with Crippen molar-refractivity contribution in [1.82, 2.24) is 4.90 Å². The molecule has 0 spiro atoms. The average Bonchev–Trinajstić information content (AvgIpc) is 2.82. The lowest BCUT2D eigenvalue weighted by Gasteiger charge is -2.23. The van der Waals surface area contributed by atoms with E-state index in [9.17, 15) is 9.59 Å². The van der Waals surface area contributed by atoms with Crippen LogP contribution < -0.4 is 10.2 Å². The van der Waals surface area contributed by atoms with Gasteiger partial charge >= 0.3 is 5.97 Å². The molecule has 3 rings (SSSR count). The molecule has 0 aliphatic heterocycles. The zero-order valence-corrected chi connectivity index (χ0v) is 20.6. The van der Waals surface area contributed by atoms with Crippen molar-refractivity contribution >= 4 is 39.6 Å². The molecule has 0 saturated heterocycles. The van der Waals surface area contributed by atoms with Crippen molar-refractivity contribution in [3.8, 4) is 0 Å². The van der Waals surface area contributed by atoms with Gasteiger partial charge in [0, 0.05) is 31.9 Å². The first-order valence-corrected chi connectivity index (χ1v) is 11.4. The molecule has 6 nitrogen and oxygen atoms in total. The zero-order valence-electron chi connectivity index (χ0n) is 20.6. The molecule has 6 heteroatoms. The summed E-state index contributed by atoms with van der Waals surface area (Å²) in [6.45, 7) is 5.60. The molecular weight excluding hydrogens is 426 g/mol. The Bertz CT molecular complexity index is 1200. The maximum atomic E-state index is 12.8. The van der Waals surface area contributed by atoms with Crippen molar-refractivity contribution in [2.45, 2.75) is 13.8 Å². The Hall–Kier alpha value is -3.64. The number of likely N-dealkylation sites (N-methyl/N-ethyl adjacent to an activating group) is 2. The molecule has 0 heterocycles. The minimum absolute atomic E-state index is 0.258. The van der Waals surface area contributed by atoms with Gasteiger partial charge in [-0.1, -0.05) is 36.4 Å². The van der Waals surface area contributed by atoms with Crippen LogP contribution in [0.5, 0.6) is 0 Å². The highest BCUT2D eigenvalue weighted by Crippen LogP contribution is 2.25. The van der Waals surface area contributed by atoms with Gasteiger partial charge in [-0.2, -0.15) is 0 Å². The number of carbonyl (C=O) groups is 2. The number of nitrogens with zero attached hydrogens (tertiary/aromatic N) is 2. The monoisotopic (exact) mass is 459 g/mol.